The highest BCUT2D eigenvalue weighted by Gasteiger charge is 2.27. The van der Waals surface area contributed by atoms with Crippen LogP contribution in [0.5, 0.6) is 0 Å². The molecule has 1 atom stereocenters. The first-order valence-corrected chi connectivity index (χ1v) is 6.72. The van der Waals surface area contributed by atoms with Crippen molar-refractivity contribution in [1.29, 1.82) is 0 Å². The van der Waals surface area contributed by atoms with Crippen molar-refractivity contribution in [3.63, 3.8) is 0 Å². The molecule has 0 amide bonds. The molecule has 0 aliphatic carbocycles. The Kier molecular flexibility index (Phi) is 3.42. The van der Waals surface area contributed by atoms with E-state index in [-0.39, 0.29) is 5.69 Å². The maximum Gasteiger partial charge on any atom is 0.269 e. The number of pyridine rings is 1. The Hall–Kier alpha value is -3.02. The van der Waals surface area contributed by atoms with Gasteiger partial charge in [-0.1, -0.05) is 0 Å². The molecule has 0 saturated carbocycles. The van der Waals surface area contributed by atoms with E-state index in [2.05, 4.69) is 4.98 Å². The average molecular weight is 295 g/mol. The predicted molar refractivity (Wildman–Crippen MR) is 82.4 cm³/mol. The maximum absolute atomic E-state index is 11.6. The van der Waals surface area contributed by atoms with E-state index in [9.17, 15) is 14.9 Å². The average Bonchev–Trinajstić information content (AvgIpc) is 2.53. The molecule has 0 N–H and O–H groups in total. The lowest BCUT2D eigenvalue weighted by molar-refractivity contribution is -0.384. The summed E-state index contributed by atoms with van der Waals surface area (Å²) in [6.07, 6.45) is 7.79. The van der Waals surface area contributed by atoms with Gasteiger partial charge < -0.3 is 9.69 Å². The molecule has 1 aliphatic heterocycles. The first-order chi connectivity index (χ1) is 10.6. The monoisotopic (exact) mass is 295 g/mol. The van der Waals surface area contributed by atoms with E-state index in [0.29, 0.717) is 5.56 Å². The van der Waals surface area contributed by atoms with Crippen LogP contribution in [0.15, 0.2) is 42.9 Å². The summed E-state index contributed by atoms with van der Waals surface area (Å²) in [6.45, 7) is 1.93. The summed E-state index contributed by atoms with van der Waals surface area (Å²) in [5.74, 6) is 0. The van der Waals surface area contributed by atoms with Gasteiger partial charge in [-0.05, 0) is 41.8 Å². The smallest absolute Gasteiger partial charge is 0.269 e. The largest absolute Gasteiger partial charge is 0.332 e. The topological polar surface area (TPSA) is 76.3 Å². The van der Waals surface area contributed by atoms with Crippen molar-refractivity contribution in [1.82, 2.24) is 4.98 Å². The molecular weight excluding hydrogens is 282 g/mol. The van der Waals surface area contributed by atoms with Crippen LogP contribution < -0.4 is 4.90 Å². The highest BCUT2D eigenvalue weighted by Crippen LogP contribution is 2.35. The first kappa shape index (κ1) is 13.9. The molecule has 110 valence electrons. The van der Waals surface area contributed by atoms with Crippen molar-refractivity contribution in [3.8, 4) is 0 Å². The quantitative estimate of drug-likeness (QED) is 0.494. The van der Waals surface area contributed by atoms with Gasteiger partial charge in [0.1, 0.15) is 12.3 Å². The Labute approximate surface area is 126 Å². The Morgan fingerprint density at radius 3 is 2.86 bits per heavy atom. The van der Waals surface area contributed by atoms with E-state index in [1.807, 2.05) is 19.1 Å². The molecule has 1 unspecified atom stereocenters. The van der Waals surface area contributed by atoms with Crippen molar-refractivity contribution in [3.05, 3.63) is 69.7 Å². The fourth-order valence-electron chi connectivity index (χ4n) is 2.58. The number of nitro benzene ring substituents is 1. The molecule has 6 nitrogen and oxygen atoms in total. The van der Waals surface area contributed by atoms with Crippen LogP contribution in [0, 0.1) is 17.0 Å². The molecule has 1 aromatic carbocycles. The van der Waals surface area contributed by atoms with Crippen LogP contribution >= 0.6 is 0 Å². The molecule has 1 aromatic heterocycles. The van der Waals surface area contributed by atoms with Gasteiger partial charge in [0.05, 0.1) is 16.8 Å². The van der Waals surface area contributed by atoms with Crippen LogP contribution in [-0.4, -0.2) is 16.2 Å². The van der Waals surface area contributed by atoms with E-state index in [4.69, 9.17) is 0 Å². The minimum absolute atomic E-state index is 0.0243. The normalized spacial score (nSPS) is 16.2. The summed E-state index contributed by atoms with van der Waals surface area (Å²) < 4.78 is 0. The number of fused-ring (bicyclic) bond motifs is 1. The molecule has 2 heterocycles. The Balaban J connectivity index is 2.11. The molecule has 22 heavy (non-hydrogen) atoms. The van der Waals surface area contributed by atoms with Crippen molar-refractivity contribution in [2.45, 2.75) is 13.0 Å². The number of aromatic nitrogens is 1. The lowest BCUT2D eigenvalue weighted by atomic mass is 9.95. The second-order valence-electron chi connectivity index (χ2n) is 5.04. The lowest BCUT2D eigenvalue weighted by Crippen LogP contribution is -2.28. The summed E-state index contributed by atoms with van der Waals surface area (Å²) in [7, 11) is 0. The van der Waals surface area contributed by atoms with Crippen LogP contribution in [0.4, 0.5) is 11.4 Å². The van der Waals surface area contributed by atoms with Crippen LogP contribution in [0.2, 0.25) is 0 Å². The van der Waals surface area contributed by atoms with E-state index < -0.39 is 11.0 Å². The minimum Gasteiger partial charge on any atom is -0.332 e. The van der Waals surface area contributed by atoms with E-state index in [1.54, 1.807) is 29.6 Å². The zero-order valence-electron chi connectivity index (χ0n) is 11.8. The summed E-state index contributed by atoms with van der Waals surface area (Å²) in [6, 6.07) is 5.80. The van der Waals surface area contributed by atoms with Crippen LogP contribution in [0.25, 0.3) is 6.08 Å². The van der Waals surface area contributed by atoms with Crippen molar-refractivity contribution in [2.75, 3.05) is 4.90 Å². The van der Waals surface area contributed by atoms with E-state index in [1.165, 1.54) is 12.1 Å². The van der Waals surface area contributed by atoms with Gasteiger partial charge >= 0.3 is 0 Å². The molecule has 1 aliphatic rings. The number of hydrogen-bond acceptors (Lipinski definition) is 5. The maximum atomic E-state index is 11.6. The molecule has 0 fully saturated rings. The second-order valence-corrected chi connectivity index (χ2v) is 5.04. The summed E-state index contributed by atoms with van der Waals surface area (Å²) >= 11 is 0. The second kappa shape index (κ2) is 5.40. The molecule has 3 rings (SSSR count). The number of hydrogen-bond donors (Lipinski definition) is 0. The van der Waals surface area contributed by atoms with Crippen molar-refractivity contribution in [2.24, 2.45) is 0 Å². The molecular formula is C16H13N3O3. The minimum atomic E-state index is -0.609. The molecule has 2 aromatic rings. The number of carbonyl (C=O) groups excluding carboxylic acids is 1. The predicted octanol–water partition coefficient (Wildman–Crippen LogP) is 3.03. The summed E-state index contributed by atoms with van der Waals surface area (Å²) in [4.78, 5) is 28.0. The van der Waals surface area contributed by atoms with Crippen molar-refractivity contribution >= 4 is 23.7 Å². The van der Waals surface area contributed by atoms with Gasteiger partial charge in [0.15, 0.2) is 0 Å². The zero-order valence-corrected chi connectivity index (χ0v) is 11.8. The molecule has 0 radical (unpaired) electrons. The lowest BCUT2D eigenvalue weighted by Gasteiger charge is -2.31. The fraction of sp³-hybridized carbons (Fsp3) is 0.125. The molecule has 0 spiro atoms. The number of carbonyl (C=O) groups is 1. The number of nitrogens with zero attached hydrogens (tertiary/aromatic N) is 3. The number of non-ortho nitro benzene ring substituents is 1. The van der Waals surface area contributed by atoms with Gasteiger partial charge in [-0.25, -0.2) is 0 Å². The summed E-state index contributed by atoms with van der Waals surface area (Å²) in [5, 5.41) is 11.0. The third-order valence-corrected chi connectivity index (χ3v) is 3.73. The Bertz CT molecular complexity index is 786. The Morgan fingerprint density at radius 2 is 2.18 bits per heavy atom. The standard InChI is InChI=1S/C16H13N3O3/c1-11-4-6-17-9-15(11)18-7-5-12-2-3-13(19(21)22)8-14(12)16(18)10-20/h2-10,16H,1H3. The van der Waals surface area contributed by atoms with E-state index >= 15 is 0 Å². The Morgan fingerprint density at radius 1 is 1.36 bits per heavy atom. The van der Waals surface area contributed by atoms with Crippen LogP contribution in [0.1, 0.15) is 22.7 Å². The third-order valence-electron chi connectivity index (χ3n) is 3.73. The van der Waals surface area contributed by atoms with Gasteiger partial charge in [0.2, 0.25) is 0 Å². The number of nitro groups is 1. The van der Waals surface area contributed by atoms with Crippen LogP contribution in [0.3, 0.4) is 0 Å². The highest BCUT2D eigenvalue weighted by molar-refractivity contribution is 5.79. The SMILES string of the molecule is Cc1ccncc1N1C=Cc2ccc([N+](=O)[O-])cc2C1C=O. The van der Waals surface area contributed by atoms with Gasteiger partial charge in [-0.15, -0.1) is 0 Å². The highest BCUT2D eigenvalue weighted by atomic mass is 16.6. The van der Waals surface area contributed by atoms with Gasteiger partial charge in [0.25, 0.3) is 5.69 Å². The number of anilines is 1. The van der Waals surface area contributed by atoms with Gasteiger partial charge in [-0.3, -0.25) is 15.1 Å². The molecule has 0 saturated heterocycles. The number of aryl methyl sites for hydroxylation is 1. The molecule has 0 bridgehead atoms. The zero-order chi connectivity index (χ0) is 15.7. The fourth-order valence-corrected chi connectivity index (χ4v) is 2.58. The van der Waals surface area contributed by atoms with E-state index in [0.717, 1.165) is 23.1 Å². The molecule has 6 heteroatoms. The summed E-state index contributed by atoms with van der Waals surface area (Å²) in [5.41, 5.74) is 3.17. The third kappa shape index (κ3) is 2.24. The number of aldehydes is 1. The van der Waals surface area contributed by atoms with Gasteiger partial charge in [0, 0.05) is 24.5 Å². The number of benzene rings is 1. The van der Waals surface area contributed by atoms with Crippen LogP contribution in [-0.2, 0) is 4.79 Å². The number of rotatable bonds is 3. The van der Waals surface area contributed by atoms with Gasteiger partial charge in [-0.2, -0.15) is 0 Å². The first-order valence-electron chi connectivity index (χ1n) is 6.72. The van der Waals surface area contributed by atoms with Crippen molar-refractivity contribution < 1.29 is 9.72 Å².